The molecule has 2 heterocycles. The summed E-state index contributed by atoms with van der Waals surface area (Å²) in [6.07, 6.45) is 3.36. The second kappa shape index (κ2) is 11.7. The van der Waals surface area contributed by atoms with E-state index < -0.39 is 20.0 Å². The molecule has 0 bridgehead atoms. The smallest absolute Gasteiger partial charge is 0.246 e. The molecule has 1 N–H and O–H groups in total. The van der Waals surface area contributed by atoms with E-state index in [0.717, 1.165) is 19.3 Å². The third kappa shape index (κ3) is 6.64. The van der Waals surface area contributed by atoms with Crippen molar-refractivity contribution < 1.29 is 26.4 Å². The van der Waals surface area contributed by atoms with Crippen LogP contribution < -0.4 is 10.1 Å². The Morgan fingerprint density at radius 3 is 2.32 bits per heavy atom. The van der Waals surface area contributed by atoms with Crippen molar-refractivity contribution in [3.8, 4) is 5.75 Å². The van der Waals surface area contributed by atoms with Gasteiger partial charge in [-0.15, -0.1) is 0 Å². The van der Waals surface area contributed by atoms with E-state index in [0.29, 0.717) is 42.2 Å². The summed E-state index contributed by atoms with van der Waals surface area (Å²) in [4.78, 5) is 13.0. The number of benzene rings is 2. The Bertz CT molecular complexity index is 1340. The lowest BCUT2D eigenvalue weighted by molar-refractivity contribution is -0.120. The number of nitrogens with zero attached hydrogens (tertiary/aromatic N) is 2. The molecule has 2 saturated heterocycles. The molecular weight excluding hydrogens is 538 g/mol. The number of halogens is 1. The molecule has 0 unspecified atom stereocenters. The van der Waals surface area contributed by atoms with E-state index in [9.17, 15) is 21.6 Å². The number of sulfonamides is 2. The third-order valence-electron chi connectivity index (χ3n) is 6.82. The van der Waals surface area contributed by atoms with Crippen LogP contribution in [0.5, 0.6) is 5.75 Å². The summed E-state index contributed by atoms with van der Waals surface area (Å²) in [5.74, 6) is -0.577. The predicted octanol–water partition coefficient (Wildman–Crippen LogP) is 3.70. The van der Waals surface area contributed by atoms with E-state index in [2.05, 4.69) is 5.32 Å². The molecule has 202 valence electrons. The van der Waals surface area contributed by atoms with Gasteiger partial charge in [0, 0.05) is 42.8 Å². The van der Waals surface area contributed by atoms with Crippen molar-refractivity contribution in [1.29, 1.82) is 0 Å². The monoisotopic (exact) mass is 569 g/mol. The average Bonchev–Trinajstić information content (AvgIpc) is 2.89. The average molecular weight is 570 g/mol. The number of ether oxygens (including phenoxy) is 1. The molecule has 37 heavy (non-hydrogen) atoms. The Hall–Kier alpha value is -2.18. The van der Waals surface area contributed by atoms with Crippen LogP contribution >= 0.6 is 11.6 Å². The van der Waals surface area contributed by atoms with Gasteiger partial charge in [-0.05, 0) is 61.6 Å². The quantitative estimate of drug-likeness (QED) is 0.518. The number of methoxy groups -OCH3 is 1. The van der Waals surface area contributed by atoms with Gasteiger partial charge < -0.3 is 10.1 Å². The molecule has 2 aromatic carbocycles. The lowest BCUT2D eigenvalue weighted by atomic mass is 9.97. The molecule has 4 rings (SSSR count). The minimum Gasteiger partial charge on any atom is -0.495 e. The number of amides is 1. The minimum absolute atomic E-state index is 0.0247. The van der Waals surface area contributed by atoms with Crippen molar-refractivity contribution in [3.63, 3.8) is 0 Å². The number of hydrogen-bond donors (Lipinski definition) is 1. The van der Waals surface area contributed by atoms with Crippen molar-refractivity contribution in [2.45, 2.75) is 42.8 Å². The number of carbonyl (C=O) groups is 1. The van der Waals surface area contributed by atoms with Crippen molar-refractivity contribution in [2.75, 3.05) is 38.6 Å². The van der Waals surface area contributed by atoms with Crippen LogP contribution in [0, 0.1) is 5.92 Å². The highest BCUT2D eigenvalue weighted by atomic mass is 35.5. The van der Waals surface area contributed by atoms with Crippen LogP contribution in [0.4, 0.5) is 5.69 Å². The van der Waals surface area contributed by atoms with Crippen LogP contribution in [0.3, 0.4) is 0 Å². The molecule has 2 fully saturated rings. The van der Waals surface area contributed by atoms with Crippen LogP contribution in [0.15, 0.2) is 47.4 Å². The SMILES string of the molecule is COc1ccc(NC(=O)C2CCN(S(=O)(=O)Cc3cccc(Cl)c3)CC2)cc1S(=O)(=O)N1CCCCC1. The second-order valence-corrected chi connectivity index (χ2v) is 13.7. The first kappa shape index (κ1) is 27.8. The zero-order chi connectivity index (χ0) is 26.6. The fourth-order valence-corrected chi connectivity index (χ4v) is 8.23. The molecule has 2 aliphatic rings. The number of carbonyl (C=O) groups excluding carboxylic acids is 1. The molecule has 9 nitrogen and oxygen atoms in total. The summed E-state index contributed by atoms with van der Waals surface area (Å²) in [5.41, 5.74) is 0.972. The van der Waals surface area contributed by atoms with Crippen LogP contribution in [0.1, 0.15) is 37.7 Å². The maximum absolute atomic E-state index is 13.2. The normalized spacial score (nSPS) is 18.4. The molecule has 0 spiro atoms. The summed E-state index contributed by atoms with van der Waals surface area (Å²) in [6.45, 7) is 1.39. The molecule has 2 aliphatic heterocycles. The number of nitrogens with one attached hydrogen (secondary N) is 1. The molecule has 0 aliphatic carbocycles. The standard InChI is InChI=1S/C25H32ClN3O6S2/c1-35-23-9-8-22(17-24(23)37(33,34)29-12-3-2-4-13-29)27-25(30)20-10-14-28(15-11-20)36(31,32)18-19-6-5-7-21(26)16-19/h5-9,16-17,20H,2-4,10-15,18H2,1H3,(H,27,30). The van der Waals surface area contributed by atoms with E-state index in [4.69, 9.17) is 16.3 Å². The highest BCUT2D eigenvalue weighted by molar-refractivity contribution is 7.89. The first-order valence-corrected chi connectivity index (χ1v) is 15.7. The fraction of sp³-hybridized carbons (Fsp3) is 0.480. The van der Waals surface area contributed by atoms with E-state index in [-0.39, 0.29) is 41.3 Å². The van der Waals surface area contributed by atoms with Crippen molar-refractivity contribution >= 4 is 43.2 Å². The van der Waals surface area contributed by atoms with Crippen LogP contribution in [-0.2, 0) is 30.6 Å². The zero-order valence-electron chi connectivity index (χ0n) is 20.7. The Balaban J connectivity index is 1.40. The summed E-state index contributed by atoms with van der Waals surface area (Å²) >= 11 is 5.98. The third-order valence-corrected chi connectivity index (χ3v) is 10.8. The minimum atomic E-state index is -3.76. The van der Waals surface area contributed by atoms with Crippen molar-refractivity contribution in [2.24, 2.45) is 5.92 Å². The maximum atomic E-state index is 13.2. The highest BCUT2D eigenvalue weighted by Crippen LogP contribution is 2.32. The molecule has 12 heteroatoms. The van der Waals surface area contributed by atoms with Gasteiger partial charge in [0.25, 0.3) is 0 Å². The van der Waals surface area contributed by atoms with E-state index in [1.807, 2.05) is 0 Å². The molecular formula is C25H32ClN3O6S2. The van der Waals surface area contributed by atoms with E-state index in [1.54, 1.807) is 30.3 Å². The highest BCUT2D eigenvalue weighted by Gasteiger charge is 2.32. The summed E-state index contributed by atoms with van der Waals surface area (Å²) in [6, 6.07) is 11.3. The number of piperidine rings is 2. The Morgan fingerprint density at radius 1 is 0.973 bits per heavy atom. The van der Waals surface area contributed by atoms with Gasteiger partial charge in [-0.25, -0.2) is 21.1 Å². The molecule has 0 atom stereocenters. The van der Waals surface area contributed by atoms with Crippen molar-refractivity contribution in [3.05, 3.63) is 53.1 Å². The molecule has 2 aromatic rings. The van der Waals surface area contributed by atoms with Gasteiger partial charge in [0.05, 0.1) is 12.9 Å². The Morgan fingerprint density at radius 2 is 1.68 bits per heavy atom. The van der Waals surface area contributed by atoms with Gasteiger partial charge in [-0.2, -0.15) is 4.31 Å². The van der Waals surface area contributed by atoms with E-state index in [1.165, 1.54) is 27.9 Å². The molecule has 0 aromatic heterocycles. The number of hydrogen-bond acceptors (Lipinski definition) is 6. The predicted molar refractivity (Wildman–Crippen MR) is 143 cm³/mol. The lowest BCUT2D eigenvalue weighted by Crippen LogP contribution is -2.41. The van der Waals surface area contributed by atoms with Crippen molar-refractivity contribution in [1.82, 2.24) is 8.61 Å². The largest absolute Gasteiger partial charge is 0.495 e. The van der Waals surface area contributed by atoms with Gasteiger partial charge in [0.1, 0.15) is 10.6 Å². The van der Waals surface area contributed by atoms with Gasteiger partial charge in [0.15, 0.2) is 0 Å². The topological polar surface area (TPSA) is 113 Å². The van der Waals surface area contributed by atoms with Gasteiger partial charge in [0.2, 0.25) is 26.0 Å². The van der Waals surface area contributed by atoms with Gasteiger partial charge in [-0.1, -0.05) is 30.2 Å². The van der Waals surface area contributed by atoms with Gasteiger partial charge >= 0.3 is 0 Å². The maximum Gasteiger partial charge on any atom is 0.246 e. The number of rotatable bonds is 8. The molecule has 0 radical (unpaired) electrons. The van der Waals surface area contributed by atoms with Crippen LogP contribution in [0.2, 0.25) is 5.02 Å². The molecule has 1 amide bonds. The Kier molecular flexibility index (Phi) is 8.80. The number of anilines is 1. The first-order chi connectivity index (χ1) is 17.6. The Labute approximate surface area is 223 Å². The summed E-state index contributed by atoms with van der Waals surface area (Å²) in [7, 11) is -5.89. The fourth-order valence-electron chi connectivity index (χ4n) is 4.77. The van der Waals surface area contributed by atoms with Crippen LogP contribution in [-0.4, -0.2) is 64.6 Å². The summed E-state index contributed by atoms with van der Waals surface area (Å²) in [5, 5.41) is 3.30. The first-order valence-electron chi connectivity index (χ1n) is 12.3. The second-order valence-electron chi connectivity index (χ2n) is 9.38. The lowest BCUT2D eigenvalue weighted by Gasteiger charge is -2.30. The zero-order valence-corrected chi connectivity index (χ0v) is 23.1. The molecule has 0 saturated carbocycles. The van der Waals surface area contributed by atoms with Crippen LogP contribution in [0.25, 0.3) is 0 Å². The van der Waals surface area contributed by atoms with Gasteiger partial charge in [-0.3, -0.25) is 4.79 Å². The van der Waals surface area contributed by atoms with E-state index >= 15 is 0 Å². The summed E-state index contributed by atoms with van der Waals surface area (Å²) < 4.78 is 60.4.